The van der Waals surface area contributed by atoms with Crippen LogP contribution >= 0.6 is 0 Å². The SMILES string of the molecule is Cc1nnnn1/C(=C\c1ccccc1)C(=O)OCC(=O)NCCC(c1ccccc1)c1ccccc1. The highest BCUT2D eigenvalue weighted by atomic mass is 16.5. The molecule has 8 nitrogen and oxygen atoms in total. The van der Waals surface area contributed by atoms with E-state index in [0.29, 0.717) is 18.8 Å². The Labute approximate surface area is 209 Å². The van der Waals surface area contributed by atoms with Crippen molar-refractivity contribution in [3.05, 3.63) is 114 Å². The highest BCUT2D eigenvalue weighted by Gasteiger charge is 2.19. The number of hydrogen-bond donors (Lipinski definition) is 1. The fraction of sp³-hybridized carbons (Fsp3) is 0.179. The fourth-order valence-electron chi connectivity index (χ4n) is 3.88. The molecule has 0 radical (unpaired) electrons. The second kappa shape index (κ2) is 12.2. The predicted molar refractivity (Wildman–Crippen MR) is 136 cm³/mol. The van der Waals surface area contributed by atoms with Crippen molar-refractivity contribution in [1.29, 1.82) is 0 Å². The maximum absolute atomic E-state index is 12.9. The smallest absolute Gasteiger partial charge is 0.357 e. The number of rotatable bonds is 10. The Balaban J connectivity index is 1.36. The molecule has 0 fully saturated rings. The number of aryl methyl sites for hydroxylation is 1. The van der Waals surface area contributed by atoms with Crippen molar-refractivity contribution in [3.63, 3.8) is 0 Å². The van der Waals surface area contributed by atoms with Crippen molar-refractivity contribution in [2.75, 3.05) is 13.2 Å². The third-order valence-electron chi connectivity index (χ3n) is 5.66. The lowest BCUT2D eigenvalue weighted by Gasteiger charge is -2.18. The average molecular weight is 482 g/mol. The third-order valence-corrected chi connectivity index (χ3v) is 5.66. The normalized spacial score (nSPS) is 11.3. The van der Waals surface area contributed by atoms with Crippen LogP contribution in [0.3, 0.4) is 0 Å². The topological polar surface area (TPSA) is 99.0 Å². The summed E-state index contributed by atoms with van der Waals surface area (Å²) in [6, 6.07) is 29.6. The van der Waals surface area contributed by atoms with E-state index in [1.165, 1.54) is 15.8 Å². The lowest BCUT2D eigenvalue weighted by Crippen LogP contribution is -2.31. The number of ether oxygens (including phenoxy) is 1. The van der Waals surface area contributed by atoms with Crippen LogP contribution in [0.25, 0.3) is 11.8 Å². The zero-order chi connectivity index (χ0) is 25.2. The zero-order valence-corrected chi connectivity index (χ0v) is 19.9. The van der Waals surface area contributed by atoms with Crippen LogP contribution in [-0.2, 0) is 14.3 Å². The summed E-state index contributed by atoms with van der Waals surface area (Å²) in [6.07, 6.45) is 2.32. The van der Waals surface area contributed by atoms with Crippen molar-refractivity contribution >= 4 is 23.6 Å². The van der Waals surface area contributed by atoms with Gasteiger partial charge in [0.05, 0.1) is 0 Å². The van der Waals surface area contributed by atoms with Crippen molar-refractivity contribution in [1.82, 2.24) is 25.5 Å². The monoisotopic (exact) mass is 481 g/mol. The number of nitrogens with one attached hydrogen (secondary N) is 1. The van der Waals surface area contributed by atoms with E-state index in [-0.39, 0.29) is 17.5 Å². The lowest BCUT2D eigenvalue weighted by molar-refractivity contribution is -0.143. The van der Waals surface area contributed by atoms with Crippen LogP contribution in [0.2, 0.25) is 0 Å². The Morgan fingerprint density at radius 1 is 0.917 bits per heavy atom. The van der Waals surface area contributed by atoms with E-state index in [1.54, 1.807) is 13.0 Å². The number of carbonyl (C=O) groups is 2. The first kappa shape index (κ1) is 24.5. The molecule has 0 bridgehead atoms. The lowest BCUT2D eigenvalue weighted by atomic mass is 9.88. The van der Waals surface area contributed by atoms with Gasteiger partial charge in [0.15, 0.2) is 18.1 Å². The number of hydrogen-bond acceptors (Lipinski definition) is 6. The van der Waals surface area contributed by atoms with Crippen molar-refractivity contribution < 1.29 is 14.3 Å². The maximum Gasteiger partial charge on any atom is 0.357 e. The number of amides is 1. The van der Waals surface area contributed by atoms with Gasteiger partial charge in [0.1, 0.15) is 0 Å². The van der Waals surface area contributed by atoms with Gasteiger partial charge >= 0.3 is 5.97 Å². The van der Waals surface area contributed by atoms with Crippen LogP contribution in [0, 0.1) is 6.92 Å². The standard InChI is InChI=1S/C28H27N5O3/c1-21-30-31-32-33(21)26(19-22-11-5-2-6-12-22)28(35)36-20-27(34)29-18-17-25(23-13-7-3-8-14-23)24-15-9-4-10-16-24/h2-16,19,25H,17-18,20H2,1H3,(H,29,34)/b26-19-. The second-order valence-electron chi connectivity index (χ2n) is 8.17. The Morgan fingerprint density at radius 3 is 2.06 bits per heavy atom. The third kappa shape index (κ3) is 6.50. The largest absolute Gasteiger partial charge is 0.451 e. The number of esters is 1. The van der Waals surface area contributed by atoms with Gasteiger partial charge in [0.2, 0.25) is 0 Å². The summed E-state index contributed by atoms with van der Waals surface area (Å²) in [5, 5.41) is 14.2. The number of benzene rings is 3. The van der Waals surface area contributed by atoms with Gasteiger partial charge in [-0.3, -0.25) is 4.79 Å². The highest BCUT2D eigenvalue weighted by molar-refractivity contribution is 6.15. The van der Waals surface area contributed by atoms with Gasteiger partial charge in [-0.15, -0.1) is 5.10 Å². The van der Waals surface area contributed by atoms with E-state index in [4.69, 9.17) is 4.74 Å². The Hall–Kier alpha value is -4.59. The summed E-state index contributed by atoms with van der Waals surface area (Å²) in [6.45, 7) is 1.70. The minimum Gasteiger partial charge on any atom is -0.451 e. The van der Waals surface area contributed by atoms with Crippen LogP contribution in [0.1, 0.15) is 34.9 Å². The molecule has 1 aromatic heterocycles. The van der Waals surface area contributed by atoms with E-state index in [1.807, 2.05) is 66.7 Å². The van der Waals surface area contributed by atoms with E-state index in [2.05, 4.69) is 45.1 Å². The molecule has 0 saturated heterocycles. The van der Waals surface area contributed by atoms with Crippen LogP contribution in [0.15, 0.2) is 91.0 Å². The number of carbonyl (C=O) groups excluding carboxylic acids is 2. The van der Waals surface area contributed by atoms with Gasteiger partial charge < -0.3 is 10.1 Å². The Kier molecular flexibility index (Phi) is 8.32. The first-order chi connectivity index (χ1) is 17.6. The molecule has 4 aromatic rings. The van der Waals surface area contributed by atoms with Crippen molar-refractivity contribution in [3.8, 4) is 0 Å². The molecular formula is C28H27N5O3. The summed E-state index contributed by atoms with van der Waals surface area (Å²) in [5.74, 6) is -0.517. The van der Waals surface area contributed by atoms with Gasteiger partial charge in [0, 0.05) is 12.5 Å². The van der Waals surface area contributed by atoms with Gasteiger partial charge in [-0.2, -0.15) is 4.68 Å². The molecule has 0 unspecified atom stereocenters. The molecule has 4 rings (SSSR count). The van der Waals surface area contributed by atoms with Gasteiger partial charge in [-0.05, 0) is 46.5 Å². The van der Waals surface area contributed by atoms with Crippen LogP contribution in [0.4, 0.5) is 0 Å². The minimum atomic E-state index is -0.698. The summed E-state index contributed by atoms with van der Waals surface area (Å²) < 4.78 is 6.60. The fourth-order valence-corrected chi connectivity index (χ4v) is 3.88. The highest BCUT2D eigenvalue weighted by Crippen LogP contribution is 2.27. The number of aromatic nitrogens is 4. The summed E-state index contributed by atoms with van der Waals surface area (Å²) in [7, 11) is 0. The zero-order valence-electron chi connectivity index (χ0n) is 19.9. The maximum atomic E-state index is 12.9. The van der Waals surface area contributed by atoms with Crippen molar-refractivity contribution in [2.24, 2.45) is 0 Å². The quantitative estimate of drug-likeness (QED) is 0.273. The van der Waals surface area contributed by atoms with Gasteiger partial charge in [-0.1, -0.05) is 91.0 Å². The molecule has 3 aromatic carbocycles. The second-order valence-corrected chi connectivity index (χ2v) is 8.17. The van der Waals surface area contributed by atoms with Crippen LogP contribution < -0.4 is 5.32 Å². The molecule has 0 atom stereocenters. The molecule has 0 saturated carbocycles. The molecule has 1 heterocycles. The molecule has 1 N–H and O–H groups in total. The Morgan fingerprint density at radius 2 is 1.50 bits per heavy atom. The van der Waals surface area contributed by atoms with E-state index >= 15 is 0 Å². The van der Waals surface area contributed by atoms with Gasteiger partial charge in [0.25, 0.3) is 5.91 Å². The molecule has 0 spiro atoms. The van der Waals surface area contributed by atoms with E-state index in [0.717, 1.165) is 5.56 Å². The van der Waals surface area contributed by atoms with Crippen molar-refractivity contribution in [2.45, 2.75) is 19.3 Å². The molecule has 8 heteroatoms. The summed E-state index contributed by atoms with van der Waals surface area (Å²) in [5.41, 5.74) is 3.25. The van der Waals surface area contributed by atoms with Gasteiger partial charge in [-0.25, -0.2) is 4.79 Å². The number of tetrazole rings is 1. The molecule has 0 aliphatic rings. The Bertz CT molecular complexity index is 1270. The minimum absolute atomic E-state index is 0.115. The van der Waals surface area contributed by atoms with E-state index < -0.39 is 12.6 Å². The first-order valence-corrected chi connectivity index (χ1v) is 11.7. The molecule has 182 valence electrons. The molecular weight excluding hydrogens is 454 g/mol. The first-order valence-electron chi connectivity index (χ1n) is 11.7. The molecule has 0 aliphatic carbocycles. The molecule has 0 aliphatic heterocycles. The van der Waals surface area contributed by atoms with Crippen LogP contribution in [-0.4, -0.2) is 45.2 Å². The number of nitrogens with zero attached hydrogens (tertiary/aromatic N) is 4. The van der Waals surface area contributed by atoms with E-state index in [9.17, 15) is 9.59 Å². The predicted octanol–water partition coefficient (Wildman–Crippen LogP) is 3.86. The molecule has 1 amide bonds. The molecule has 36 heavy (non-hydrogen) atoms. The summed E-state index contributed by atoms with van der Waals surface area (Å²) >= 11 is 0. The van der Waals surface area contributed by atoms with Crippen LogP contribution in [0.5, 0.6) is 0 Å². The average Bonchev–Trinajstić information content (AvgIpc) is 3.35. The summed E-state index contributed by atoms with van der Waals surface area (Å²) in [4.78, 5) is 25.3.